The van der Waals surface area contributed by atoms with Crippen molar-refractivity contribution in [2.75, 3.05) is 26.2 Å². The Morgan fingerprint density at radius 2 is 2.04 bits per heavy atom. The highest BCUT2D eigenvalue weighted by Gasteiger charge is 2.52. The normalized spacial score (nSPS) is 25.6. The molecule has 1 spiro atoms. The maximum Gasteiger partial charge on any atom is 0.292 e. The van der Waals surface area contributed by atoms with Gasteiger partial charge in [-0.1, -0.05) is 12.1 Å². The van der Waals surface area contributed by atoms with Gasteiger partial charge in [-0.05, 0) is 38.0 Å². The van der Waals surface area contributed by atoms with Crippen LogP contribution in [0.1, 0.15) is 56.3 Å². The number of aryl methyl sites for hydroxylation is 1. The minimum atomic E-state index is -0.501. The van der Waals surface area contributed by atoms with Crippen LogP contribution in [0.2, 0.25) is 0 Å². The number of rotatable bonds is 3. The second kappa shape index (κ2) is 6.44. The van der Waals surface area contributed by atoms with E-state index in [2.05, 4.69) is 5.16 Å². The maximum absolute atomic E-state index is 12.6. The van der Waals surface area contributed by atoms with Gasteiger partial charge >= 0.3 is 0 Å². The van der Waals surface area contributed by atoms with Gasteiger partial charge in [-0.2, -0.15) is 0 Å². The van der Waals surface area contributed by atoms with Gasteiger partial charge < -0.3 is 19.4 Å². The fourth-order valence-corrected chi connectivity index (χ4v) is 4.37. The zero-order valence-corrected chi connectivity index (χ0v) is 15.2. The number of hydrogen-bond donors (Lipinski definition) is 1. The lowest BCUT2D eigenvalue weighted by atomic mass is 9.74. The van der Waals surface area contributed by atoms with Gasteiger partial charge in [0.15, 0.2) is 0 Å². The highest BCUT2D eigenvalue weighted by atomic mass is 16.5. The molecule has 1 N–H and O–H groups in total. The Kier molecular flexibility index (Phi) is 4.62. The van der Waals surface area contributed by atoms with Crippen molar-refractivity contribution in [3.63, 3.8) is 0 Å². The fourth-order valence-electron chi connectivity index (χ4n) is 4.37. The van der Waals surface area contributed by atoms with Crippen molar-refractivity contribution in [2.45, 2.75) is 52.0 Å². The summed E-state index contributed by atoms with van der Waals surface area (Å²) in [5.41, 5.74) is 0.262. The van der Waals surface area contributed by atoms with E-state index in [1.54, 1.807) is 22.8 Å². The lowest BCUT2D eigenvalue weighted by Gasteiger charge is -2.39. The third kappa shape index (κ3) is 3.17. The molecule has 7 heteroatoms. The SMILES string of the molecule is CCc1cc(C(=O)N2CCC3(CC2)CN(C(C)=O)C(C)(CO)C3)on1. The van der Waals surface area contributed by atoms with Crippen molar-refractivity contribution >= 4 is 11.8 Å². The molecular formula is C18H27N3O4. The molecular weight excluding hydrogens is 322 g/mol. The molecule has 2 saturated heterocycles. The van der Waals surface area contributed by atoms with Crippen LogP contribution in [0.3, 0.4) is 0 Å². The van der Waals surface area contributed by atoms with Crippen LogP contribution < -0.4 is 0 Å². The van der Waals surface area contributed by atoms with Gasteiger partial charge in [0.2, 0.25) is 11.7 Å². The minimum absolute atomic E-state index is 0.000635. The van der Waals surface area contributed by atoms with E-state index in [-0.39, 0.29) is 23.8 Å². The van der Waals surface area contributed by atoms with E-state index in [1.165, 1.54) is 0 Å². The lowest BCUT2D eigenvalue weighted by Crippen LogP contribution is -2.46. The van der Waals surface area contributed by atoms with Gasteiger partial charge in [0.1, 0.15) is 0 Å². The number of hydrogen-bond acceptors (Lipinski definition) is 5. The second-order valence-electron chi connectivity index (χ2n) is 7.77. The molecule has 0 radical (unpaired) electrons. The van der Waals surface area contributed by atoms with Gasteiger partial charge in [0, 0.05) is 32.6 Å². The molecule has 2 fully saturated rings. The minimum Gasteiger partial charge on any atom is -0.394 e. The highest BCUT2D eigenvalue weighted by molar-refractivity contribution is 5.91. The quantitative estimate of drug-likeness (QED) is 0.893. The summed E-state index contributed by atoms with van der Waals surface area (Å²) in [4.78, 5) is 28.1. The van der Waals surface area contributed by atoms with Crippen molar-refractivity contribution in [1.82, 2.24) is 15.0 Å². The first-order valence-corrected chi connectivity index (χ1v) is 8.96. The molecule has 25 heavy (non-hydrogen) atoms. The van der Waals surface area contributed by atoms with E-state index in [9.17, 15) is 14.7 Å². The number of carbonyl (C=O) groups excluding carboxylic acids is 2. The predicted octanol–water partition coefficient (Wildman–Crippen LogP) is 1.46. The van der Waals surface area contributed by atoms with Crippen molar-refractivity contribution in [1.29, 1.82) is 0 Å². The van der Waals surface area contributed by atoms with Crippen LogP contribution in [0, 0.1) is 5.41 Å². The standard InChI is InChI=1S/C18H27N3O4/c1-4-14-9-15(25-19-14)16(24)20-7-5-18(6-8-20)10-17(3,12-22)21(11-18)13(2)23/h9,22H,4-8,10-12H2,1-3H3. The van der Waals surface area contributed by atoms with E-state index in [4.69, 9.17) is 4.52 Å². The first kappa shape index (κ1) is 17.9. The van der Waals surface area contributed by atoms with Crippen LogP contribution in [0.5, 0.6) is 0 Å². The number of amides is 2. The van der Waals surface area contributed by atoms with Gasteiger partial charge in [-0.25, -0.2) is 0 Å². The van der Waals surface area contributed by atoms with Gasteiger partial charge in [0.05, 0.1) is 17.8 Å². The zero-order valence-electron chi connectivity index (χ0n) is 15.2. The fraction of sp³-hybridized carbons (Fsp3) is 0.722. The maximum atomic E-state index is 12.6. The molecule has 3 heterocycles. The molecule has 3 rings (SSSR count). The molecule has 2 aliphatic heterocycles. The van der Waals surface area contributed by atoms with E-state index in [0.29, 0.717) is 25.4 Å². The van der Waals surface area contributed by atoms with E-state index < -0.39 is 5.54 Å². The molecule has 0 bridgehead atoms. The first-order chi connectivity index (χ1) is 11.8. The van der Waals surface area contributed by atoms with Crippen LogP contribution >= 0.6 is 0 Å². The first-order valence-electron chi connectivity index (χ1n) is 8.96. The average Bonchev–Trinajstić information content (AvgIpc) is 3.19. The molecule has 138 valence electrons. The molecule has 1 atom stereocenters. The van der Waals surface area contributed by atoms with Gasteiger partial charge in [0.25, 0.3) is 5.91 Å². The topological polar surface area (TPSA) is 86.9 Å². The van der Waals surface area contributed by atoms with E-state index in [1.807, 2.05) is 13.8 Å². The Balaban J connectivity index is 1.67. The Labute approximate surface area is 147 Å². The number of aromatic nitrogens is 1. The van der Waals surface area contributed by atoms with Crippen molar-refractivity contribution in [3.8, 4) is 0 Å². The molecule has 1 unspecified atom stereocenters. The summed E-state index contributed by atoms with van der Waals surface area (Å²) in [5, 5.41) is 13.7. The number of piperidine rings is 1. The van der Waals surface area contributed by atoms with Crippen LogP contribution in [-0.4, -0.2) is 63.7 Å². The molecule has 0 aromatic carbocycles. The Bertz CT molecular complexity index is 663. The number of nitrogens with zero attached hydrogens (tertiary/aromatic N) is 3. The zero-order chi connectivity index (χ0) is 18.2. The van der Waals surface area contributed by atoms with E-state index >= 15 is 0 Å². The van der Waals surface area contributed by atoms with Crippen LogP contribution in [0.15, 0.2) is 10.6 Å². The van der Waals surface area contributed by atoms with Crippen LogP contribution in [0.25, 0.3) is 0 Å². The predicted molar refractivity (Wildman–Crippen MR) is 90.9 cm³/mol. The average molecular weight is 349 g/mol. The number of aliphatic hydroxyl groups excluding tert-OH is 1. The van der Waals surface area contributed by atoms with Crippen molar-refractivity contribution in [3.05, 3.63) is 17.5 Å². The molecule has 1 aromatic heterocycles. The third-order valence-electron chi connectivity index (χ3n) is 5.87. The van der Waals surface area contributed by atoms with Crippen LogP contribution in [-0.2, 0) is 11.2 Å². The van der Waals surface area contributed by atoms with E-state index in [0.717, 1.165) is 31.4 Å². The number of likely N-dealkylation sites (tertiary alicyclic amines) is 2. The molecule has 7 nitrogen and oxygen atoms in total. The summed E-state index contributed by atoms with van der Waals surface area (Å²) in [5.74, 6) is 0.179. The van der Waals surface area contributed by atoms with Crippen molar-refractivity contribution in [2.24, 2.45) is 5.41 Å². The molecule has 1 aromatic rings. The molecule has 0 aliphatic carbocycles. The molecule has 2 amide bonds. The summed E-state index contributed by atoms with van der Waals surface area (Å²) in [7, 11) is 0. The third-order valence-corrected chi connectivity index (χ3v) is 5.87. The lowest BCUT2D eigenvalue weighted by molar-refractivity contribution is -0.134. The van der Waals surface area contributed by atoms with Gasteiger partial charge in [-0.15, -0.1) is 0 Å². The summed E-state index contributed by atoms with van der Waals surface area (Å²) < 4.78 is 5.16. The molecule has 0 saturated carbocycles. The Morgan fingerprint density at radius 1 is 1.36 bits per heavy atom. The molecule has 2 aliphatic rings. The summed E-state index contributed by atoms with van der Waals surface area (Å²) in [6.07, 6.45) is 3.17. The summed E-state index contributed by atoms with van der Waals surface area (Å²) in [6.45, 7) is 7.36. The number of aliphatic hydroxyl groups is 1. The number of carbonyl (C=O) groups is 2. The van der Waals surface area contributed by atoms with Crippen LogP contribution in [0.4, 0.5) is 0 Å². The summed E-state index contributed by atoms with van der Waals surface area (Å²) in [6, 6.07) is 1.71. The Morgan fingerprint density at radius 3 is 2.52 bits per heavy atom. The van der Waals surface area contributed by atoms with Gasteiger partial charge in [-0.3, -0.25) is 9.59 Å². The highest BCUT2D eigenvalue weighted by Crippen LogP contribution is 2.48. The van der Waals surface area contributed by atoms with Crippen molar-refractivity contribution < 1.29 is 19.2 Å². The smallest absolute Gasteiger partial charge is 0.292 e. The Hall–Kier alpha value is -1.89. The summed E-state index contributed by atoms with van der Waals surface area (Å²) >= 11 is 0. The largest absolute Gasteiger partial charge is 0.394 e. The monoisotopic (exact) mass is 349 g/mol. The second-order valence-corrected chi connectivity index (χ2v) is 7.77.